The molecule has 3 aromatic rings. The minimum absolute atomic E-state index is 0.109. The van der Waals surface area contributed by atoms with Crippen LogP contribution in [0.5, 0.6) is 11.5 Å². The number of benzene rings is 3. The van der Waals surface area contributed by atoms with Gasteiger partial charge in [0.25, 0.3) is 5.69 Å². The number of alkyl halides is 3. The van der Waals surface area contributed by atoms with Crippen molar-refractivity contribution in [3.05, 3.63) is 86.5 Å². The van der Waals surface area contributed by atoms with Gasteiger partial charge in [-0.25, -0.2) is 0 Å². The maximum atomic E-state index is 13.8. The largest absolute Gasteiger partial charge is 0.456 e. The smallest absolute Gasteiger partial charge is 0.420 e. The first kappa shape index (κ1) is 23.1. The Morgan fingerprint density at radius 2 is 1.55 bits per heavy atom. The Morgan fingerprint density at radius 3 is 2.03 bits per heavy atom. The fourth-order valence-corrected chi connectivity index (χ4v) is 3.19. The van der Waals surface area contributed by atoms with Gasteiger partial charge in [-0.3, -0.25) is 10.1 Å². The molecular formula is C23H15F3N4O3. The van der Waals surface area contributed by atoms with Crippen LogP contribution in [-0.2, 0) is 6.18 Å². The molecule has 0 aromatic heterocycles. The van der Waals surface area contributed by atoms with Crippen molar-refractivity contribution in [3.63, 3.8) is 0 Å². The van der Waals surface area contributed by atoms with E-state index in [2.05, 4.69) is 5.32 Å². The average molecular weight is 452 g/mol. The van der Waals surface area contributed by atoms with E-state index in [1.54, 1.807) is 13.8 Å². The van der Waals surface area contributed by atoms with E-state index in [9.17, 15) is 23.3 Å². The predicted octanol–water partition coefficient (Wildman–Crippen LogP) is 6.51. The van der Waals surface area contributed by atoms with Crippen LogP contribution in [0.2, 0.25) is 0 Å². The van der Waals surface area contributed by atoms with Gasteiger partial charge < -0.3 is 10.1 Å². The summed E-state index contributed by atoms with van der Waals surface area (Å²) < 4.78 is 46.9. The molecule has 0 aliphatic rings. The van der Waals surface area contributed by atoms with Crippen molar-refractivity contribution in [2.45, 2.75) is 20.0 Å². The number of ether oxygens (including phenoxy) is 1. The predicted molar refractivity (Wildman–Crippen MR) is 113 cm³/mol. The summed E-state index contributed by atoms with van der Waals surface area (Å²) in [6.45, 7) is 3.16. The highest BCUT2D eigenvalue weighted by Gasteiger charge is 2.38. The number of rotatable bonds is 5. The molecule has 33 heavy (non-hydrogen) atoms. The van der Waals surface area contributed by atoms with Gasteiger partial charge in [0.1, 0.15) is 22.7 Å². The van der Waals surface area contributed by atoms with E-state index in [1.165, 1.54) is 36.4 Å². The lowest BCUT2D eigenvalue weighted by atomic mass is 10.1. The van der Waals surface area contributed by atoms with Crippen molar-refractivity contribution in [3.8, 4) is 23.6 Å². The van der Waals surface area contributed by atoms with Crippen LogP contribution in [0.25, 0.3) is 0 Å². The maximum absolute atomic E-state index is 13.8. The molecule has 0 bridgehead atoms. The highest BCUT2D eigenvalue weighted by atomic mass is 19.4. The summed E-state index contributed by atoms with van der Waals surface area (Å²) in [4.78, 5) is 10.6. The van der Waals surface area contributed by atoms with Crippen molar-refractivity contribution in [2.75, 3.05) is 5.32 Å². The summed E-state index contributed by atoms with van der Waals surface area (Å²) in [7, 11) is 0. The second-order valence-corrected chi connectivity index (χ2v) is 7.09. The molecule has 0 amide bonds. The summed E-state index contributed by atoms with van der Waals surface area (Å²) in [6.07, 6.45) is -4.93. The van der Waals surface area contributed by atoms with E-state index < -0.39 is 28.1 Å². The fourth-order valence-electron chi connectivity index (χ4n) is 3.19. The van der Waals surface area contributed by atoms with Crippen LogP contribution >= 0.6 is 0 Å². The molecular weight excluding hydrogens is 437 g/mol. The van der Waals surface area contributed by atoms with E-state index in [0.29, 0.717) is 34.0 Å². The van der Waals surface area contributed by atoms with Crippen LogP contribution in [0.15, 0.2) is 48.5 Å². The number of anilines is 2. The Labute approximate surface area is 186 Å². The number of nitrogens with zero attached hydrogens (tertiary/aromatic N) is 3. The van der Waals surface area contributed by atoms with Crippen LogP contribution < -0.4 is 10.1 Å². The lowest BCUT2D eigenvalue weighted by Crippen LogP contribution is -2.10. The van der Waals surface area contributed by atoms with Crippen LogP contribution in [-0.4, -0.2) is 4.92 Å². The van der Waals surface area contributed by atoms with Crippen molar-refractivity contribution in [1.82, 2.24) is 0 Å². The second kappa shape index (κ2) is 8.89. The summed E-state index contributed by atoms with van der Waals surface area (Å²) in [5.74, 6) is -0.530. The number of aryl methyl sites for hydroxylation is 2. The second-order valence-electron chi connectivity index (χ2n) is 7.09. The molecule has 7 nitrogen and oxygen atoms in total. The van der Waals surface area contributed by atoms with E-state index in [-0.39, 0.29) is 11.4 Å². The number of nitrogens with one attached hydrogen (secondary N) is 1. The molecule has 0 spiro atoms. The maximum Gasteiger partial charge on any atom is 0.420 e. The van der Waals surface area contributed by atoms with Crippen LogP contribution in [0.1, 0.15) is 27.8 Å². The number of hydrogen-bond donors (Lipinski definition) is 1. The lowest BCUT2D eigenvalue weighted by molar-refractivity contribution is -0.384. The molecule has 3 aromatic carbocycles. The van der Waals surface area contributed by atoms with Gasteiger partial charge in [-0.05, 0) is 61.4 Å². The Kier molecular flexibility index (Phi) is 6.22. The number of nitriles is 2. The van der Waals surface area contributed by atoms with Gasteiger partial charge in [-0.2, -0.15) is 23.7 Å². The van der Waals surface area contributed by atoms with Gasteiger partial charge in [-0.15, -0.1) is 0 Å². The van der Waals surface area contributed by atoms with Crippen molar-refractivity contribution in [1.29, 1.82) is 10.5 Å². The first-order valence-electron chi connectivity index (χ1n) is 9.39. The quantitative estimate of drug-likeness (QED) is 0.349. The van der Waals surface area contributed by atoms with Crippen LogP contribution in [0.3, 0.4) is 0 Å². The minimum atomic E-state index is -4.93. The minimum Gasteiger partial charge on any atom is -0.456 e. The Balaban J connectivity index is 2.15. The molecule has 0 saturated carbocycles. The lowest BCUT2D eigenvalue weighted by Gasteiger charge is -2.18. The molecule has 0 aliphatic carbocycles. The number of nitro groups is 1. The highest BCUT2D eigenvalue weighted by Crippen LogP contribution is 2.45. The summed E-state index contributed by atoms with van der Waals surface area (Å²) in [5.41, 5.74) is -0.488. The van der Waals surface area contributed by atoms with Crippen LogP contribution in [0.4, 0.5) is 30.2 Å². The molecule has 1 N–H and O–H groups in total. The molecule has 3 rings (SSSR count). The zero-order valence-corrected chi connectivity index (χ0v) is 17.3. The number of halogens is 3. The standard InChI is InChI=1S/C23H15F3N4O3/c1-13-7-16(12-28)8-14(2)22(13)33-21-10-19(29-17-5-3-15(11-27)4-6-17)20(30(31)32)9-18(21)23(24,25)26/h3-10,29H,1-2H3. The highest BCUT2D eigenvalue weighted by molar-refractivity contribution is 5.73. The van der Waals surface area contributed by atoms with E-state index >= 15 is 0 Å². The van der Waals surface area contributed by atoms with Gasteiger partial charge in [-0.1, -0.05) is 0 Å². The van der Waals surface area contributed by atoms with Crippen molar-refractivity contribution in [2.24, 2.45) is 0 Å². The molecule has 0 aliphatic heterocycles. The topological polar surface area (TPSA) is 112 Å². The molecule has 0 unspecified atom stereocenters. The van der Waals surface area contributed by atoms with Crippen molar-refractivity contribution < 1.29 is 22.8 Å². The number of hydrogen-bond acceptors (Lipinski definition) is 6. The third-order valence-corrected chi connectivity index (χ3v) is 4.69. The third-order valence-electron chi connectivity index (χ3n) is 4.69. The van der Waals surface area contributed by atoms with Crippen molar-refractivity contribution >= 4 is 17.1 Å². The average Bonchev–Trinajstić information content (AvgIpc) is 2.75. The summed E-state index contributed by atoms with van der Waals surface area (Å²) >= 11 is 0. The van der Waals surface area contributed by atoms with Gasteiger partial charge in [0.2, 0.25) is 0 Å². The normalized spacial score (nSPS) is 10.8. The van der Waals surface area contributed by atoms with Gasteiger partial charge in [0.05, 0.1) is 28.2 Å². The molecule has 10 heteroatoms. The van der Waals surface area contributed by atoms with Gasteiger partial charge in [0, 0.05) is 17.8 Å². The Morgan fingerprint density at radius 1 is 0.970 bits per heavy atom. The van der Waals surface area contributed by atoms with Crippen LogP contribution in [0, 0.1) is 46.6 Å². The molecule has 0 heterocycles. The monoisotopic (exact) mass is 452 g/mol. The number of nitro benzene ring substituents is 1. The van der Waals surface area contributed by atoms with E-state index in [0.717, 1.165) is 6.07 Å². The fraction of sp³-hybridized carbons (Fsp3) is 0.130. The molecule has 0 fully saturated rings. The van der Waals surface area contributed by atoms with E-state index in [1.807, 2.05) is 12.1 Å². The first-order chi connectivity index (χ1) is 15.5. The third kappa shape index (κ3) is 5.02. The molecule has 0 radical (unpaired) electrons. The SMILES string of the molecule is Cc1cc(C#N)cc(C)c1Oc1cc(Nc2ccc(C#N)cc2)c([N+](=O)[O-])cc1C(F)(F)F. The van der Waals surface area contributed by atoms with E-state index in [4.69, 9.17) is 15.3 Å². The molecule has 0 saturated heterocycles. The zero-order valence-electron chi connectivity index (χ0n) is 17.3. The first-order valence-corrected chi connectivity index (χ1v) is 9.39. The summed E-state index contributed by atoms with van der Waals surface area (Å²) in [6, 6.07) is 14.0. The Bertz CT molecular complexity index is 1300. The zero-order chi connectivity index (χ0) is 24.3. The molecule has 0 atom stereocenters. The van der Waals surface area contributed by atoms with Gasteiger partial charge in [0.15, 0.2) is 0 Å². The summed E-state index contributed by atoms with van der Waals surface area (Å²) in [5, 5.41) is 32.2. The van der Waals surface area contributed by atoms with Gasteiger partial charge >= 0.3 is 6.18 Å². The Hall–Kier alpha value is -4.57. The molecule has 166 valence electrons.